The van der Waals surface area contributed by atoms with Gasteiger partial charge in [-0.2, -0.15) is 0 Å². The van der Waals surface area contributed by atoms with Crippen molar-refractivity contribution in [3.63, 3.8) is 0 Å². The fourth-order valence-corrected chi connectivity index (χ4v) is 10.0. The van der Waals surface area contributed by atoms with Crippen molar-refractivity contribution in [1.82, 2.24) is 20.4 Å². The summed E-state index contributed by atoms with van der Waals surface area (Å²) in [6.07, 6.45) is -1.25. The number of ether oxygens (including phenoxy) is 6. The van der Waals surface area contributed by atoms with Crippen molar-refractivity contribution in [3.8, 4) is 0 Å². The van der Waals surface area contributed by atoms with E-state index in [9.17, 15) is 35.1 Å². The summed E-state index contributed by atoms with van der Waals surface area (Å²) in [5.74, 6) is -2.88. The third kappa shape index (κ3) is 15.0. The number of cyclic esters (lactones) is 1. The Kier molecular flexibility index (Phi) is 22.2. The van der Waals surface area contributed by atoms with Gasteiger partial charge < -0.3 is 69.5 Å². The lowest BCUT2D eigenvalue weighted by atomic mass is 9.77. The summed E-state index contributed by atoms with van der Waals surface area (Å²) < 4.78 is 38.0. The van der Waals surface area contributed by atoms with Crippen LogP contribution in [0, 0.1) is 17.8 Å². The molecular formula is C49H88N4O13. The van der Waals surface area contributed by atoms with Crippen molar-refractivity contribution in [2.24, 2.45) is 17.8 Å². The number of nitrogens with one attached hydrogen (secondary N) is 2. The van der Waals surface area contributed by atoms with E-state index in [0.29, 0.717) is 39.0 Å². The Labute approximate surface area is 395 Å². The Bertz CT molecular complexity index is 1600. The Hall–Kier alpha value is -2.52. The van der Waals surface area contributed by atoms with Gasteiger partial charge in [0.05, 0.1) is 41.5 Å². The van der Waals surface area contributed by atoms with Gasteiger partial charge in [-0.25, -0.2) is 4.79 Å². The topological polar surface area (TPSA) is 221 Å². The molecule has 0 radical (unpaired) electrons. The molecule has 3 heterocycles. The predicted octanol–water partition coefficient (Wildman–Crippen LogP) is 3.65. The molecule has 3 fully saturated rings. The highest BCUT2D eigenvalue weighted by Gasteiger charge is 2.53. The second kappa shape index (κ2) is 25.4. The van der Waals surface area contributed by atoms with Crippen molar-refractivity contribution < 1.29 is 63.5 Å². The number of aliphatic hydroxyl groups excluding tert-OH is 3. The van der Waals surface area contributed by atoms with Crippen LogP contribution in [0.25, 0.3) is 0 Å². The van der Waals surface area contributed by atoms with Crippen LogP contribution in [0.5, 0.6) is 0 Å². The maximum atomic E-state index is 14.5. The second-order valence-electron chi connectivity index (χ2n) is 20.2. The highest BCUT2D eigenvalue weighted by atomic mass is 16.7. The highest BCUT2D eigenvalue weighted by molar-refractivity contribution is 5.74. The van der Waals surface area contributed by atoms with Gasteiger partial charge >= 0.3 is 12.0 Å². The van der Waals surface area contributed by atoms with Crippen LogP contribution in [0.3, 0.4) is 0 Å². The summed E-state index contributed by atoms with van der Waals surface area (Å²) >= 11 is 0. The first kappa shape index (κ1) is 57.8. The molecule has 3 aliphatic rings. The molecule has 0 spiro atoms. The molecule has 0 saturated carbocycles. The second-order valence-corrected chi connectivity index (χ2v) is 20.2. The van der Waals surface area contributed by atoms with Gasteiger partial charge in [0.25, 0.3) is 0 Å². The van der Waals surface area contributed by atoms with E-state index in [0.717, 1.165) is 5.57 Å². The van der Waals surface area contributed by atoms with Gasteiger partial charge in [0, 0.05) is 57.7 Å². The Morgan fingerprint density at radius 3 is 2.26 bits per heavy atom. The minimum absolute atomic E-state index is 0.0995. The molecule has 0 bridgehead atoms. The molecule has 7 unspecified atom stereocenters. The summed E-state index contributed by atoms with van der Waals surface area (Å²) in [7, 11) is 5.25. The van der Waals surface area contributed by atoms with Gasteiger partial charge in [0.15, 0.2) is 12.6 Å². The van der Waals surface area contributed by atoms with Crippen molar-refractivity contribution in [1.29, 1.82) is 0 Å². The molecule has 382 valence electrons. The van der Waals surface area contributed by atoms with Gasteiger partial charge in [0.1, 0.15) is 30.0 Å². The van der Waals surface area contributed by atoms with E-state index in [1.54, 1.807) is 54.5 Å². The third-order valence-corrected chi connectivity index (χ3v) is 14.2. The van der Waals surface area contributed by atoms with Crippen LogP contribution in [-0.2, 0) is 33.2 Å². The lowest BCUT2D eigenvalue weighted by molar-refractivity contribution is -0.318. The molecule has 17 heteroatoms. The number of likely N-dealkylation sites (N-methyl/N-ethyl adjacent to an activating group) is 1. The number of esters is 1. The molecule has 3 aliphatic heterocycles. The number of hydrogen-bond acceptors (Lipinski definition) is 15. The van der Waals surface area contributed by atoms with Crippen molar-refractivity contribution in [2.75, 3.05) is 47.4 Å². The number of hydrogen-bond donors (Lipinski definition) is 7. The maximum Gasteiger partial charge on any atom is 0.315 e. The fourth-order valence-electron chi connectivity index (χ4n) is 10.0. The number of methoxy groups -OCH3 is 1. The number of aliphatic hydroxyl groups is 5. The molecule has 0 aromatic carbocycles. The molecule has 0 aromatic rings. The number of rotatable bonds is 15. The minimum Gasteiger partial charge on any atom is -0.459 e. The van der Waals surface area contributed by atoms with E-state index in [1.165, 1.54) is 14.0 Å². The van der Waals surface area contributed by atoms with Crippen LogP contribution in [0.2, 0.25) is 0 Å². The van der Waals surface area contributed by atoms with Crippen LogP contribution in [0.15, 0.2) is 36.5 Å². The zero-order chi connectivity index (χ0) is 49.9. The largest absolute Gasteiger partial charge is 0.459 e. The summed E-state index contributed by atoms with van der Waals surface area (Å²) in [6.45, 7) is 24.5. The lowest BCUT2D eigenvalue weighted by Crippen LogP contribution is -2.60. The van der Waals surface area contributed by atoms with Crippen LogP contribution in [0.1, 0.15) is 108 Å². The average molecular weight is 941 g/mol. The smallest absolute Gasteiger partial charge is 0.315 e. The number of urea groups is 1. The van der Waals surface area contributed by atoms with E-state index >= 15 is 0 Å². The molecular weight excluding hydrogens is 853 g/mol. The van der Waals surface area contributed by atoms with Gasteiger partial charge in [-0.3, -0.25) is 9.69 Å². The number of amides is 2. The Balaban J connectivity index is 2.09. The van der Waals surface area contributed by atoms with Crippen LogP contribution >= 0.6 is 0 Å². The fraction of sp³-hybridized carbons (Fsp3) is 0.837. The molecule has 3 saturated heterocycles. The molecule has 66 heavy (non-hydrogen) atoms. The van der Waals surface area contributed by atoms with E-state index in [-0.39, 0.29) is 43.4 Å². The first-order valence-electron chi connectivity index (χ1n) is 24.0. The van der Waals surface area contributed by atoms with E-state index in [4.69, 9.17) is 28.4 Å². The zero-order valence-electron chi connectivity index (χ0n) is 42.4. The normalized spacial score (nSPS) is 41.8. The standard InChI is InChI=1S/C49H88N4O13/c1-16-19-21-35(17-2)27-51-46(58)50-22-20-23-53-28-29(4)25-47(10,59)43(66-45-39(54)36(52(13)14)24-30(5)62-45)31(6)40(65-38-26-48(11,61-15)42(56)34(9)63-38)32(7)44(57)64-37(18-3)49(12,60)41(55)33(53)8/h16-17,19,21,29-34,36-43,45,54-56,59-60H,2,18,20,22-28H2,1,3-15H3,(H2,50,51,58)/b19-16-,35-21+/t29-,30+,31?,32?,33+,34-,36?,37-,38?,39?,40+,41+,42+,43?,45-,47-,48?,49-/m0/s1. The lowest BCUT2D eigenvalue weighted by Gasteiger charge is -2.48. The van der Waals surface area contributed by atoms with Crippen molar-refractivity contribution in [2.45, 2.75) is 199 Å². The molecule has 2 amide bonds. The molecule has 0 aliphatic carbocycles. The van der Waals surface area contributed by atoms with Crippen molar-refractivity contribution >= 4 is 12.0 Å². The van der Waals surface area contributed by atoms with E-state index < -0.39 is 96.0 Å². The summed E-state index contributed by atoms with van der Waals surface area (Å²) in [6, 6.07) is -1.35. The number of nitrogens with zero attached hydrogens (tertiary/aromatic N) is 2. The number of carbonyl (C=O) groups is 2. The number of carbonyl (C=O) groups excluding carboxylic acids is 2. The molecule has 7 N–H and O–H groups in total. The van der Waals surface area contributed by atoms with Gasteiger partial charge in [0.2, 0.25) is 0 Å². The summed E-state index contributed by atoms with van der Waals surface area (Å²) in [4.78, 5) is 31.2. The number of allylic oxidation sites excluding steroid dienone is 3. The predicted molar refractivity (Wildman–Crippen MR) is 252 cm³/mol. The maximum absolute atomic E-state index is 14.5. The molecule has 0 aromatic heterocycles. The SMILES string of the molecule is C=C/C(=C\C=C/C)CNC(=O)NCCCN1C[C@@H](C)C[C@](C)(O)C(O[C@@H]2O[C@H](C)CC(N(C)C)C2O)C(C)[C@@H](OC2CC(C)(OC)[C@H](O)[C@H](C)O2)C(C)C(=O)O[C@@H](CC)[C@](C)(O)[C@H](O)[C@H]1C. The van der Waals surface area contributed by atoms with Gasteiger partial charge in [-0.05, 0) is 107 Å². The summed E-state index contributed by atoms with van der Waals surface area (Å²) in [5.41, 5.74) is -3.79. The van der Waals surface area contributed by atoms with E-state index in [1.807, 2.05) is 62.9 Å². The van der Waals surface area contributed by atoms with Crippen LogP contribution in [0.4, 0.5) is 4.79 Å². The zero-order valence-corrected chi connectivity index (χ0v) is 42.4. The third-order valence-electron chi connectivity index (χ3n) is 14.2. The van der Waals surface area contributed by atoms with Crippen LogP contribution < -0.4 is 10.6 Å². The quantitative estimate of drug-likeness (QED) is 0.0708. The first-order valence-corrected chi connectivity index (χ1v) is 24.0. The van der Waals surface area contributed by atoms with Crippen molar-refractivity contribution in [3.05, 3.63) is 36.5 Å². The molecule has 17 nitrogen and oxygen atoms in total. The average Bonchev–Trinajstić information content (AvgIpc) is 3.25. The van der Waals surface area contributed by atoms with E-state index in [2.05, 4.69) is 17.2 Å². The Morgan fingerprint density at radius 1 is 1.00 bits per heavy atom. The minimum atomic E-state index is -1.92. The monoisotopic (exact) mass is 941 g/mol. The molecule has 18 atom stereocenters. The first-order chi connectivity index (χ1) is 30.8. The van der Waals surface area contributed by atoms with Gasteiger partial charge in [-0.1, -0.05) is 51.7 Å². The highest BCUT2D eigenvalue weighted by Crippen LogP contribution is 2.40. The van der Waals surface area contributed by atoms with Crippen LogP contribution in [-0.4, -0.2) is 185 Å². The molecule has 3 rings (SSSR count). The Morgan fingerprint density at radius 2 is 1.67 bits per heavy atom. The van der Waals surface area contributed by atoms with Gasteiger partial charge in [-0.15, -0.1) is 0 Å². The summed E-state index contributed by atoms with van der Waals surface area (Å²) in [5, 5.41) is 65.5.